The fraction of sp³-hybridized carbons (Fsp3) is 0.714. The summed E-state index contributed by atoms with van der Waals surface area (Å²) < 4.78 is 6.06. The molecule has 17 heavy (non-hydrogen) atoms. The van der Waals surface area contributed by atoms with E-state index in [0.717, 1.165) is 0 Å². The minimum absolute atomic E-state index is 0.129. The lowest BCUT2D eigenvalue weighted by Gasteiger charge is -2.37. The van der Waals surface area contributed by atoms with E-state index >= 15 is 0 Å². The highest BCUT2D eigenvalue weighted by Gasteiger charge is 2.38. The van der Waals surface area contributed by atoms with Crippen molar-refractivity contribution in [2.45, 2.75) is 64.5 Å². The van der Waals surface area contributed by atoms with Gasteiger partial charge in [0.05, 0.1) is 0 Å². The van der Waals surface area contributed by atoms with Crippen LogP contribution in [0.1, 0.15) is 34.1 Å². The van der Waals surface area contributed by atoms with Gasteiger partial charge >= 0.3 is 0 Å². The Morgan fingerprint density at radius 2 is 1.88 bits per heavy atom. The molecular weight excluding hydrogens is 228 g/mol. The van der Waals surface area contributed by atoms with Crippen molar-refractivity contribution in [2.24, 2.45) is 0 Å². The maximum Gasteiger partial charge on any atom is 0.193 e. The van der Waals surface area contributed by atoms with Gasteiger partial charge < -0.3 is 9.53 Å². The molecule has 0 aliphatic heterocycles. The Hall–Kier alpha value is -0.563. The summed E-state index contributed by atoms with van der Waals surface area (Å²) in [6.07, 6.45) is 1.41. The summed E-state index contributed by atoms with van der Waals surface area (Å²) in [7, 11) is -1.76. The molecule has 2 atom stereocenters. The largest absolute Gasteiger partial charge is 0.404 e. The van der Waals surface area contributed by atoms with E-state index in [4.69, 9.17) is 4.43 Å². The predicted octanol–water partition coefficient (Wildman–Crippen LogP) is 3.34. The van der Waals surface area contributed by atoms with Crippen LogP contribution in [0.15, 0.2) is 12.7 Å². The molecule has 0 rings (SSSR count). The Bertz CT molecular complexity index is 304. The molecule has 0 heterocycles. The minimum Gasteiger partial charge on any atom is -0.404 e. The summed E-state index contributed by atoms with van der Waals surface area (Å²) in [5.74, 6) is 5.75. The molecule has 0 spiro atoms. The first-order valence-electron chi connectivity index (χ1n) is 6.08. The molecule has 0 amide bonds. The van der Waals surface area contributed by atoms with E-state index < -0.39 is 14.4 Å². The molecule has 0 aromatic carbocycles. The zero-order valence-corrected chi connectivity index (χ0v) is 13.0. The Morgan fingerprint density at radius 1 is 1.35 bits per heavy atom. The average molecular weight is 254 g/mol. The number of aliphatic hydroxyl groups is 1. The van der Waals surface area contributed by atoms with Crippen molar-refractivity contribution in [1.29, 1.82) is 0 Å². The summed E-state index contributed by atoms with van der Waals surface area (Å²) >= 11 is 0. The maximum absolute atomic E-state index is 9.47. The lowest BCUT2D eigenvalue weighted by Crippen LogP contribution is -2.43. The highest BCUT2D eigenvalue weighted by molar-refractivity contribution is 6.74. The van der Waals surface area contributed by atoms with E-state index in [9.17, 15) is 5.11 Å². The molecule has 0 bridgehead atoms. The van der Waals surface area contributed by atoms with Gasteiger partial charge in [-0.1, -0.05) is 38.7 Å². The van der Waals surface area contributed by atoms with Crippen molar-refractivity contribution >= 4 is 8.32 Å². The second kappa shape index (κ2) is 6.39. The summed E-state index contributed by atoms with van der Waals surface area (Å²) in [5.41, 5.74) is 0. The first-order valence-corrected chi connectivity index (χ1v) is 8.99. The van der Waals surface area contributed by atoms with Gasteiger partial charge in [-0.05, 0) is 25.1 Å². The highest BCUT2D eigenvalue weighted by Crippen LogP contribution is 2.37. The van der Waals surface area contributed by atoms with Crippen LogP contribution in [-0.4, -0.2) is 25.6 Å². The van der Waals surface area contributed by atoms with Gasteiger partial charge in [0.25, 0.3) is 0 Å². The molecule has 0 fully saturated rings. The average Bonchev–Trinajstić information content (AvgIpc) is 2.12. The quantitative estimate of drug-likeness (QED) is 0.474. The van der Waals surface area contributed by atoms with Gasteiger partial charge in [0, 0.05) is 6.42 Å². The number of hydrogen-bond acceptors (Lipinski definition) is 2. The highest BCUT2D eigenvalue weighted by atomic mass is 28.4. The molecular formula is C14H26O2Si. The molecule has 0 saturated carbocycles. The van der Waals surface area contributed by atoms with Gasteiger partial charge in [0.2, 0.25) is 0 Å². The van der Waals surface area contributed by atoms with E-state index in [2.05, 4.69) is 52.3 Å². The van der Waals surface area contributed by atoms with Gasteiger partial charge in [0.15, 0.2) is 8.32 Å². The van der Waals surface area contributed by atoms with E-state index in [0.29, 0.717) is 6.42 Å². The summed E-state index contributed by atoms with van der Waals surface area (Å²) in [6, 6.07) is 0. The third-order valence-corrected chi connectivity index (χ3v) is 7.68. The summed E-state index contributed by atoms with van der Waals surface area (Å²) in [5, 5.41) is 9.65. The van der Waals surface area contributed by atoms with Crippen molar-refractivity contribution < 1.29 is 9.53 Å². The molecule has 2 unspecified atom stereocenters. The predicted molar refractivity (Wildman–Crippen MR) is 76.3 cm³/mol. The van der Waals surface area contributed by atoms with Crippen molar-refractivity contribution in [1.82, 2.24) is 0 Å². The fourth-order valence-electron chi connectivity index (χ4n) is 1.08. The monoisotopic (exact) mass is 254 g/mol. The van der Waals surface area contributed by atoms with Crippen molar-refractivity contribution in [3.05, 3.63) is 12.7 Å². The van der Waals surface area contributed by atoms with E-state index in [-0.39, 0.29) is 11.1 Å². The van der Waals surface area contributed by atoms with Crippen LogP contribution in [0.2, 0.25) is 18.1 Å². The zero-order chi connectivity index (χ0) is 13.7. The van der Waals surface area contributed by atoms with Crippen LogP contribution in [0.4, 0.5) is 0 Å². The minimum atomic E-state index is -1.76. The first-order chi connectivity index (χ1) is 7.60. The van der Waals surface area contributed by atoms with Crippen LogP contribution in [0.25, 0.3) is 0 Å². The standard InChI is InChI=1S/C14H26O2Si/c1-8-9-13(15)11-10-12(2)16-17(6,7)14(3,4)5/h8,12-13,15H,1,9H2,2-7H3. The van der Waals surface area contributed by atoms with Crippen molar-refractivity contribution in [2.75, 3.05) is 0 Å². The SMILES string of the molecule is C=CCC(O)C#CC(C)O[Si](C)(C)C(C)(C)C. The van der Waals surface area contributed by atoms with E-state index in [1.54, 1.807) is 6.08 Å². The molecule has 3 heteroatoms. The van der Waals surface area contributed by atoms with Crippen LogP contribution in [0.5, 0.6) is 0 Å². The third-order valence-electron chi connectivity index (χ3n) is 3.12. The fourth-order valence-corrected chi connectivity index (χ4v) is 2.37. The second-order valence-corrected chi connectivity index (χ2v) is 10.6. The van der Waals surface area contributed by atoms with Crippen LogP contribution in [-0.2, 0) is 4.43 Å². The molecule has 2 nitrogen and oxygen atoms in total. The van der Waals surface area contributed by atoms with Gasteiger partial charge in [-0.15, -0.1) is 6.58 Å². The Morgan fingerprint density at radius 3 is 2.29 bits per heavy atom. The van der Waals surface area contributed by atoms with Crippen LogP contribution >= 0.6 is 0 Å². The normalized spacial score (nSPS) is 15.7. The zero-order valence-electron chi connectivity index (χ0n) is 12.0. The van der Waals surface area contributed by atoms with Crippen molar-refractivity contribution in [3.8, 4) is 11.8 Å². The van der Waals surface area contributed by atoms with Crippen molar-refractivity contribution in [3.63, 3.8) is 0 Å². The molecule has 0 radical (unpaired) electrons. The molecule has 98 valence electrons. The van der Waals surface area contributed by atoms with Gasteiger partial charge in [-0.25, -0.2) is 0 Å². The lowest BCUT2D eigenvalue weighted by molar-refractivity contribution is 0.231. The van der Waals surface area contributed by atoms with Gasteiger partial charge in [0.1, 0.15) is 12.2 Å². The first kappa shape index (κ1) is 16.4. The van der Waals surface area contributed by atoms with Gasteiger partial charge in [-0.2, -0.15) is 0 Å². The van der Waals surface area contributed by atoms with Gasteiger partial charge in [-0.3, -0.25) is 0 Å². The molecule has 1 N–H and O–H groups in total. The van der Waals surface area contributed by atoms with E-state index in [1.165, 1.54) is 0 Å². The van der Waals surface area contributed by atoms with Crippen LogP contribution < -0.4 is 0 Å². The smallest absolute Gasteiger partial charge is 0.193 e. The topological polar surface area (TPSA) is 29.5 Å². The maximum atomic E-state index is 9.47. The molecule has 0 saturated heterocycles. The Kier molecular flexibility index (Phi) is 6.18. The lowest BCUT2D eigenvalue weighted by atomic mass is 10.2. The number of hydrogen-bond donors (Lipinski definition) is 1. The molecule has 0 aliphatic rings. The Labute approximate surface area is 107 Å². The molecule has 0 aromatic heterocycles. The van der Waals surface area contributed by atoms with E-state index in [1.807, 2.05) is 6.92 Å². The molecule has 0 aliphatic carbocycles. The summed E-state index contributed by atoms with van der Waals surface area (Å²) in [4.78, 5) is 0. The number of aliphatic hydroxyl groups excluding tert-OH is 1. The number of rotatable bonds is 4. The summed E-state index contributed by atoms with van der Waals surface area (Å²) in [6.45, 7) is 16.5. The second-order valence-electron chi connectivity index (χ2n) is 5.85. The third kappa shape index (κ3) is 6.07. The van der Waals surface area contributed by atoms with Crippen LogP contribution in [0.3, 0.4) is 0 Å². The van der Waals surface area contributed by atoms with Crippen LogP contribution in [0, 0.1) is 11.8 Å². The molecule has 0 aromatic rings. The Balaban J connectivity index is 4.45.